The van der Waals surface area contributed by atoms with E-state index in [9.17, 15) is 4.79 Å². The van der Waals surface area contributed by atoms with Crippen molar-refractivity contribution in [2.75, 3.05) is 19.8 Å². The van der Waals surface area contributed by atoms with E-state index in [1.165, 1.54) is 25.7 Å². The largest absolute Gasteiger partial charge is 0.351 e. The summed E-state index contributed by atoms with van der Waals surface area (Å²) in [6.07, 6.45) is 6.64. The van der Waals surface area contributed by atoms with Crippen LogP contribution in [0.5, 0.6) is 0 Å². The Bertz CT molecular complexity index is 219. The van der Waals surface area contributed by atoms with Crippen molar-refractivity contribution < 1.29 is 14.3 Å². The highest BCUT2D eigenvalue weighted by Gasteiger charge is 2.20. The van der Waals surface area contributed by atoms with Gasteiger partial charge in [0.05, 0.1) is 6.54 Å². The highest BCUT2D eigenvalue weighted by atomic mass is 16.7. The first-order valence-corrected chi connectivity index (χ1v) is 7.28. The maximum absolute atomic E-state index is 12.0. The Kier molecular flexibility index (Phi) is 8.01. The molecule has 0 aromatic heterocycles. The summed E-state index contributed by atoms with van der Waals surface area (Å²) in [6.45, 7) is 5.52. The van der Waals surface area contributed by atoms with Crippen LogP contribution in [0.25, 0.3) is 0 Å². The fraction of sp³-hybridized carbons (Fsp3) is 0.929. The lowest BCUT2D eigenvalue weighted by Gasteiger charge is -2.19. The lowest BCUT2D eigenvalue weighted by atomic mass is 9.99. The molecule has 106 valence electrons. The van der Waals surface area contributed by atoms with Gasteiger partial charge < -0.3 is 14.8 Å². The van der Waals surface area contributed by atoms with Crippen LogP contribution in [-0.2, 0) is 14.3 Å². The molecular formula is C14H27NO3. The summed E-state index contributed by atoms with van der Waals surface area (Å²) in [5.41, 5.74) is 0. The number of rotatable bonds is 7. The lowest BCUT2D eigenvalue weighted by Crippen LogP contribution is -2.38. The molecule has 1 aliphatic rings. The van der Waals surface area contributed by atoms with Crippen LogP contribution in [0.15, 0.2) is 0 Å². The van der Waals surface area contributed by atoms with Crippen molar-refractivity contribution in [3.05, 3.63) is 0 Å². The van der Waals surface area contributed by atoms with Crippen LogP contribution in [0.4, 0.5) is 0 Å². The second kappa shape index (κ2) is 9.34. The first-order valence-electron chi connectivity index (χ1n) is 7.28. The van der Waals surface area contributed by atoms with Crippen LogP contribution < -0.4 is 5.32 Å². The third kappa shape index (κ3) is 5.83. The number of hydrogen-bond acceptors (Lipinski definition) is 3. The van der Waals surface area contributed by atoms with Crippen LogP contribution in [0, 0.1) is 5.92 Å². The SMILES string of the molecule is CCOC(CNC(=O)C1CCCCCC1)OCC. The van der Waals surface area contributed by atoms with Gasteiger partial charge in [-0.2, -0.15) is 0 Å². The smallest absolute Gasteiger partial charge is 0.223 e. The Morgan fingerprint density at radius 3 is 2.17 bits per heavy atom. The van der Waals surface area contributed by atoms with E-state index in [1.54, 1.807) is 0 Å². The van der Waals surface area contributed by atoms with E-state index in [-0.39, 0.29) is 18.1 Å². The first-order chi connectivity index (χ1) is 8.77. The molecule has 0 atom stereocenters. The van der Waals surface area contributed by atoms with Gasteiger partial charge >= 0.3 is 0 Å². The number of carbonyl (C=O) groups is 1. The molecule has 1 aliphatic carbocycles. The van der Waals surface area contributed by atoms with Crippen LogP contribution in [0.1, 0.15) is 52.4 Å². The van der Waals surface area contributed by atoms with Gasteiger partial charge in [-0.3, -0.25) is 4.79 Å². The molecule has 0 heterocycles. The Balaban J connectivity index is 2.28. The van der Waals surface area contributed by atoms with Crippen molar-refractivity contribution in [1.82, 2.24) is 5.32 Å². The van der Waals surface area contributed by atoms with Crippen molar-refractivity contribution in [1.29, 1.82) is 0 Å². The summed E-state index contributed by atoms with van der Waals surface area (Å²) in [5.74, 6) is 0.359. The third-order valence-electron chi connectivity index (χ3n) is 3.37. The molecule has 0 aliphatic heterocycles. The predicted molar refractivity (Wildman–Crippen MR) is 71.2 cm³/mol. The second-order valence-electron chi connectivity index (χ2n) is 4.77. The van der Waals surface area contributed by atoms with E-state index in [4.69, 9.17) is 9.47 Å². The highest BCUT2D eigenvalue weighted by Crippen LogP contribution is 2.22. The molecule has 1 fully saturated rings. The number of nitrogens with one attached hydrogen (secondary N) is 1. The molecule has 0 aromatic rings. The normalized spacial score (nSPS) is 17.7. The van der Waals surface area contributed by atoms with Gasteiger partial charge in [-0.25, -0.2) is 0 Å². The monoisotopic (exact) mass is 257 g/mol. The average molecular weight is 257 g/mol. The Morgan fingerprint density at radius 1 is 1.11 bits per heavy atom. The Labute approximate surface area is 110 Å². The van der Waals surface area contributed by atoms with Crippen LogP contribution in [-0.4, -0.2) is 32.0 Å². The summed E-state index contributed by atoms with van der Waals surface area (Å²) in [6, 6.07) is 0. The fourth-order valence-electron chi connectivity index (χ4n) is 2.41. The van der Waals surface area contributed by atoms with E-state index < -0.39 is 0 Å². The molecule has 4 nitrogen and oxygen atoms in total. The van der Waals surface area contributed by atoms with Crippen LogP contribution >= 0.6 is 0 Å². The second-order valence-corrected chi connectivity index (χ2v) is 4.77. The number of amides is 1. The molecule has 0 aromatic carbocycles. The van der Waals surface area contributed by atoms with Crippen LogP contribution in [0.2, 0.25) is 0 Å². The molecule has 1 amide bonds. The zero-order valence-corrected chi connectivity index (χ0v) is 11.7. The lowest BCUT2D eigenvalue weighted by molar-refractivity contribution is -0.142. The highest BCUT2D eigenvalue weighted by molar-refractivity contribution is 5.78. The molecule has 0 bridgehead atoms. The van der Waals surface area contributed by atoms with Crippen molar-refractivity contribution in [2.24, 2.45) is 5.92 Å². The fourth-order valence-corrected chi connectivity index (χ4v) is 2.41. The maximum Gasteiger partial charge on any atom is 0.223 e. The summed E-state index contributed by atoms with van der Waals surface area (Å²) in [5, 5.41) is 2.96. The van der Waals surface area contributed by atoms with Crippen LogP contribution in [0.3, 0.4) is 0 Å². The summed E-state index contributed by atoms with van der Waals surface area (Å²) in [7, 11) is 0. The van der Waals surface area contributed by atoms with Gasteiger partial charge in [0.25, 0.3) is 0 Å². The molecule has 1 N–H and O–H groups in total. The van der Waals surface area contributed by atoms with E-state index in [0.717, 1.165) is 12.8 Å². The van der Waals surface area contributed by atoms with Gasteiger partial charge in [0.15, 0.2) is 6.29 Å². The topological polar surface area (TPSA) is 47.6 Å². The number of ether oxygens (including phenoxy) is 2. The van der Waals surface area contributed by atoms with E-state index in [1.807, 2.05) is 13.8 Å². The minimum absolute atomic E-state index is 0.168. The zero-order chi connectivity index (χ0) is 13.2. The molecule has 1 rings (SSSR count). The van der Waals surface area contributed by atoms with Gasteiger partial charge in [0.2, 0.25) is 5.91 Å². The molecule has 4 heteroatoms. The Morgan fingerprint density at radius 2 is 1.67 bits per heavy atom. The number of carbonyl (C=O) groups excluding carboxylic acids is 1. The molecule has 18 heavy (non-hydrogen) atoms. The molecule has 0 unspecified atom stereocenters. The van der Waals surface area contributed by atoms with E-state index in [0.29, 0.717) is 19.8 Å². The van der Waals surface area contributed by atoms with Gasteiger partial charge in [0, 0.05) is 19.1 Å². The molecule has 1 saturated carbocycles. The maximum atomic E-state index is 12.0. The van der Waals surface area contributed by atoms with E-state index in [2.05, 4.69) is 5.32 Å². The quantitative estimate of drug-likeness (QED) is 0.563. The standard InChI is InChI=1S/C14H27NO3/c1-3-17-13(18-4-2)11-15-14(16)12-9-7-5-6-8-10-12/h12-13H,3-11H2,1-2H3,(H,15,16). The molecular weight excluding hydrogens is 230 g/mol. The minimum Gasteiger partial charge on any atom is -0.351 e. The summed E-state index contributed by atoms with van der Waals surface area (Å²) < 4.78 is 10.8. The minimum atomic E-state index is -0.310. The van der Waals surface area contributed by atoms with Gasteiger partial charge in [0.1, 0.15) is 0 Å². The zero-order valence-electron chi connectivity index (χ0n) is 11.7. The first kappa shape index (κ1) is 15.4. The summed E-state index contributed by atoms with van der Waals surface area (Å²) >= 11 is 0. The van der Waals surface area contributed by atoms with Gasteiger partial charge in [-0.15, -0.1) is 0 Å². The average Bonchev–Trinajstić information content (AvgIpc) is 2.65. The van der Waals surface area contributed by atoms with E-state index >= 15 is 0 Å². The number of hydrogen-bond donors (Lipinski definition) is 1. The van der Waals surface area contributed by atoms with Gasteiger partial charge in [-0.05, 0) is 26.7 Å². The molecule has 0 saturated heterocycles. The third-order valence-corrected chi connectivity index (χ3v) is 3.37. The Hall–Kier alpha value is -0.610. The van der Waals surface area contributed by atoms with Crippen molar-refractivity contribution in [2.45, 2.75) is 58.7 Å². The predicted octanol–water partition coefficient (Wildman–Crippen LogP) is 2.47. The van der Waals surface area contributed by atoms with Gasteiger partial charge in [-0.1, -0.05) is 25.7 Å². The summed E-state index contributed by atoms with van der Waals surface area (Å²) in [4.78, 5) is 12.0. The van der Waals surface area contributed by atoms with Crippen molar-refractivity contribution in [3.8, 4) is 0 Å². The van der Waals surface area contributed by atoms with Crippen molar-refractivity contribution >= 4 is 5.91 Å². The molecule has 0 spiro atoms. The molecule has 0 radical (unpaired) electrons. The van der Waals surface area contributed by atoms with Crippen molar-refractivity contribution in [3.63, 3.8) is 0 Å².